The number of pyridine rings is 1. The van der Waals surface area contributed by atoms with Gasteiger partial charge in [-0.15, -0.1) is 11.3 Å². The van der Waals surface area contributed by atoms with Crippen LogP contribution < -0.4 is 5.32 Å². The van der Waals surface area contributed by atoms with Gasteiger partial charge in [-0.05, 0) is 41.3 Å². The quantitative estimate of drug-likeness (QED) is 0.589. The molecule has 0 bridgehead atoms. The largest absolute Gasteiger partial charge is 0.310 e. The van der Waals surface area contributed by atoms with Crippen molar-refractivity contribution in [2.24, 2.45) is 0 Å². The van der Waals surface area contributed by atoms with E-state index in [0.29, 0.717) is 22.9 Å². The molecule has 0 saturated carbocycles. The minimum absolute atomic E-state index is 0.183. The Hall–Kier alpha value is -3.63. The third-order valence-corrected chi connectivity index (χ3v) is 4.73. The van der Waals surface area contributed by atoms with Gasteiger partial charge in [-0.3, -0.25) is 9.78 Å². The molecule has 3 heterocycles. The molecule has 1 aromatic carbocycles. The Morgan fingerprint density at radius 2 is 1.96 bits per heavy atom. The molecule has 4 rings (SSSR count). The van der Waals surface area contributed by atoms with Crippen molar-refractivity contribution in [2.75, 3.05) is 5.32 Å². The van der Waals surface area contributed by atoms with Crippen LogP contribution in [0, 0.1) is 11.3 Å². The summed E-state index contributed by atoms with van der Waals surface area (Å²) in [5.41, 5.74) is 2.04. The Bertz CT molecular complexity index is 1150. The second-order valence-electron chi connectivity index (χ2n) is 5.78. The summed E-state index contributed by atoms with van der Waals surface area (Å²) in [7, 11) is 0. The van der Waals surface area contributed by atoms with Gasteiger partial charge in [-0.1, -0.05) is 18.2 Å². The number of rotatable bonds is 4. The molecule has 0 radical (unpaired) electrons. The standard InChI is InChI=1S/C20H13N5OS/c21-12-14-6-4-13(5-7-14)11-17(26)23-18-15-8-10-27-20(15)25-19(24-18)16-3-1-2-9-22-16/h1-10H,11H2,(H,23,24,25,26). The lowest BCUT2D eigenvalue weighted by Crippen LogP contribution is -2.16. The number of aromatic nitrogens is 3. The molecule has 27 heavy (non-hydrogen) atoms. The third kappa shape index (κ3) is 3.66. The first-order chi connectivity index (χ1) is 13.2. The number of carbonyl (C=O) groups excluding carboxylic acids is 1. The highest BCUT2D eigenvalue weighted by Gasteiger charge is 2.14. The summed E-state index contributed by atoms with van der Waals surface area (Å²) in [5, 5.41) is 14.5. The fourth-order valence-corrected chi connectivity index (χ4v) is 3.38. The Morgan fingerprint density at radius 3 is 2.70 bits per heavy atom. The molecule has 4 aromatic rings. The second-order valence-corrected chi connectivity index (χ2v) is 6.68. The number of hydrogen-bond acceptors (Lipinski definition) is 6. The molecular weight excluding hydrogens is 358 g/mol. The van der Waals surface area contributed by atoms with Crippen LogP contribution in [0.3, 0.4) is 0 Å². The lowest BCUT2D eigenvalue weighted by Gasteiger charge is -2.08. The molecule has 7 heteroatoms. The first kappa shape index (κ1) is 16.8. The molecule has 130 valence electrons. The van der Waals surface area contributed by atoms with Crippen LogP contribution in [0.4, 0.5) is 5.82 Å². The van der Waals surface area contributed by atoms with Crippen LogP contribution >= 0.6 is 11.3 Å². The van der Waals surface area contributed by atoms with E-state index in [1.54, 1.807) is 30.5 Å². The number of amides is 1. The van der Waals surface area contributed by atoms with E-state index in [2.05, 4.69) is 26.3 Å². The van der Waals surface area contributed by atoms with E-state index in [-0.39, 0.29) is 12.3 Å². The highest BCUT2D eigenvalue weighted by Crippen LogP contribution is 2.28. The van der Waals surface area contributed by atoms with Gasteiger partial charge >= 0.3 is 0 Å². The number of thiophene rings is 1. The van der Waals surface area contributed by atoms with Crippen LogP contribution in [0.2, 0.25) is 0 Å². The van der Waals surface area contributed by atoms with Gasteiger partial charge < -0.3 is 5.32 Å². The third-order valence-electron chi connectivity index (χ3n) is 3.92. The average molecular weight is 371 g/mol. The average Bonchev–Trinajstić information content (AvgIpc) is 3.18. The summed E-state index contributed by atoms with van der Waals surface area (Å²) < 4.78 is 0. The van der Waals surface area contributed by atoms with Crippen LogP contribution in [0.15, 0.2) is 60.1 Å². The van der Waals surface area contributed by atoms with Gasteiger partial charge in [0, 0.05) is 6.20 Å². The number of fused-ring (bicyclic) bond motifs is 1. The molecule has 0 saturated heterocycles. The smallest absolute Gasteiger partial charge is 0.229 e. The zero-order valence-corrected chi connectivity index (χ0v) is 14.9. The van der Waals surface area contributed by atoms with Crippen molar-refractivity contribution in [3.63, 3.8) is 0 Å². The van der Waals surface area contributed by atoms with E-state index in [1.165, 1.54) is 11.3 Å². The predicted molar refractivity (Wildman–Crippen MR) is 104 cm³/mol. The van der Waals surface area contributed by atoms with Crippen molar-refractivity contribution < 1.29 is 4.79 Å². The van der Waals surface area contributed by atoms with E-state index in [1.807, 2.05) is 29.6 Å². The summed E-state index contributed by atoms with van der Waals surface area (Å²) in [6.45, 7) is 0. The van der Waals surface area contributed by atoms with Gasteiger partial charge in [0.05, 0.1) is 23.4 Å². The van der Waals surface area contributed by atoms with Gasteiger partial charge in [0.1, 0.15) is 16.3 Å². The normalized spacial score (nSPS) is 10.5. The number of nitrogens with zero attached hydrogens (tertiary/aromatic N) is 4. The number of hydrogen-bond donors (Lipinski definition) is 1. The van der Waals surface area contributed by atoms with Gasteiger partial charge in [0.25, 0.3) is 0 Å². The topological polar surface area (TPSA) is 91.6 Å². The summed E-state index contributed by atoms with van der Waals surface area (Å²) in [6, 6.07) is 16.4. The molecule has 1 N–H and O–H groups in total. The van der Waals surface area contributed by atoms with Crippen LogP contribution in [-0.4, -0.2) is 20.9 Å². The summed E-state index contributed by atoms with van der Waals surface area (Å²) >= 11 is 1.48. The molecule has 0 aliphatic rings. The lowest BCUT2D eigenvalue weighted by molar-refractivity contribution is -0.115. The van der Waals surface area contributed by atoms with E-state index in [9.17, 15) is 4.79 Å². The number of anilines is 1. The molecule has 0 atom stereocenters. The Labute approximate surface area is 159 Å². The minimum atomic E-state index is -0.183. The maximum atomic E-state index is 12.5. The molecule has 3 aromatic heterocycles. The molecule has 0 aliphatic carbocycles. The maximum absolute atomic E-state index is 12.5. The molecular formula is C20H13N5OS. The monoisotopic (exact) mass is 371 g/mol. The predicted octanol–water partition coefficient (Wildman–Crippen LogP) is 3.81. The lowest BCUT2D eigenvalue weighted by atomic mass is 10.1. The van der Waals surface area contributed by atoms with Gasteiger partial charge in [0.15, 0.2) is 5.82 Å². The molecule has 0 unspecified atom stereocenters. The number of carbonyl (C=O) groups is 1. The van der Waals surface area contributed by atoms with E-state index < -0.39 is 0 Å². The van der Waals surface area contributed by atoms with Gasteiger partial charge in [0.2, 0.25) is 5.91 Å². The molecule has 6 nitrogen and oxygen atoms in total. The van der Waals surface area contributed by atoms with Crippen molar-refractivity contribution in [3.05, 3.63) is 71.2 Å². The number of benzene rings is 1. The van der Waals surface area contributed by atoms with Crippen LogP contribution in [-0.2, 0) is 11.2 Å². The van der Waals surface area contributed by atoms with E-state index >= 15 is 0 Å². The molecule has 0 spiro atoms. The van der Waals surface area contributed by atoms with E-state index in [4.69, 9.17) is 5.26 Å². The summed E-state index contributed by atoms with van der Waals surface area (Å²) in [6.07, 6.45) is 1.88. The van der Waals surface area contributed by atoms with Crippen LogP contribution in [0.1, 0.15) is 11.1 Å². The summed E-state index contributed by atoms with van der Waals surface area (Å²) in [5.74, 6) is 0.762. The first-order valence-corrected chi connectivity index (χ1v) is 9.06. The molecule has 1 amide bonds. The van der Waals surface area contributed by atoms with Crippen molar-refractivity contribution >= 4 is 33.3 Å². The zero-order chi connectivity index (χ0) is 18.6. The highest BCUT2D eigenvalue weighted by atomic mass is 32.1. The number of nitrogens with one attached hydrogen (secondary N) is 1. The zero-order valence-electron chi connectivity index (χ0n) is 14.1. The van der Waals surface area contributed by atoms with Crippen molar-refractivity contribution in [2.45, 2.75) is 6.42 Å². The highest BCUT2D eigenvalue weighted by molar-refractivity contribution is 7.16. The molecule has 0 aliphatic heterocycles. The Balaban J connectivity index is 1.61. The van der Waals surface area contributed by atoms with Crippen molar-refractivity contribution in [1.82, 2.24) is 15.0 Å². The molecule has 0 fully saturated rings. The number of nitriles is 1. The van der Waals surface area contributed by atoms with Gasteiger partial charge in [-0.2, -0.15) is 5.26 Å². The van der Waals surface area contributed by atoms with Crippen LogP contribution in [0.5, 0.6) is 0 Å². The fourth-order valence-electron chi connectivity index (χ4n) is 2.62. The van der Waals surface area contributed by atoms with Crippen molar-refractivity contribution in [1.29, 1.82) is 5.26 Å². The van der Waals surface area contributed by atoms with Gasteiger partial charge in [-0.25, -0.2) is 9.97 Å². The SMILES string of the molecule is N#Cc1ccc(CC(=O)Nc2nc(-c3ccccn3)nc3sccc23)cc1. The first-order valence-electron chi connectivity index (χ1n) is 8.18. The fraction of sp³-hybridized carbons (Fsp3) is 0.0500. The Morgan fingerprint density at radius 1 is 1.11 bits per heavy atom. The van der Waals surface area contributed by atoms with E-state index in [0.717, 1.165) is 15.8 Å². The Kier molecular flexibility index (Phi) is 4.56. The minimum Gasteiger partial charge on any atom is -0.310 e. The maximum Gasteiger partial charge on any atom is 0.229 e. The van der Waals surface area contributed by atoms with Crippen molar-refractivity contribution in [3.8, 4) is 17.6 Å². The van der Waals surface area contributed by atoms with Crippen LogP contribution in [0.25, 0.3) is 21.7 Å². The summed E-state index contributed by atoms with van der Waals surface area (Å²) in [4.78, 5) is 26.6. The second kappa shape index (κ2) is 7.32.